The van der Waals surface area contributed by atoms with Crippen molar-refractivity contribution in [1.29, 1.82) is 0 Å². The maximum atomic E-state index is 6.33. The van der Waals surface area contributed by atoms with Crippen LogP contribution in [-0.2, 0) is 6.42 Å². The van der Waals surface area contributed by atoms with Crippen LogP contribution in [0.2, 0.25) is 10.0 Å². The summed E-state index contributed by atoms with van der Waals surface area (Å²) in [5.74, 6) is 0. The van der Waals surface area contributed by atoms with Gasteiger partial charge in [-0.3, -0.25) is 0 Å². The van der Waals surface area contributed by atoms with E-state index in [0.29, 0.717) is 10.0 Å². The van der Waals surface area contributed by atoms with E-state index in [1.165, 1.54) is 24.0 Å². The molecule has 0 heterocycles. The first-order chi connectivity index (χ1) is 10.2. The molecular formula is C18H21Cl2N. The first-order valence-corrected chi connectivity index (χ1v) is 8.13. The number of hydrogen-bond acceptors (Lipinski definition) is 1. The Morgan fingerprint density at radius 3 is 2.14 bits per heavy atom. The molecule has 1 atom stereocenters. The number of halogens is 2. The SMILES string of the molecule is CCCCc1ccc(C(NC)c2c(Cl)cccc2Cl)cc1. The highest BCUT2D eigenvalue weighted by molar-refractivity contribution is 6.36. The van der Waals surface area contributed by atoms with Crippen LogP contribution in [0.5, 0.6) is 0 Å². The van der Waals surface area contributed by atoms with E-state index in [0.717, 1.165) is 12.0 Å². The number of benzene rings is 2. The molecule has 1 unspecified atom stereocenters. The Morgan fingerprint density at radius 2 is 1.62 bits per heavy atom. The smallest absolute Gasteiger partial charge is 0.0603 e. The van der Waals surface area contributed by atoms with E-state index in [-0.39, 0.29) is 6.04 Å². The normalized spacial score (nSPS) is 12.4. The van der Waals surface area contributed by atoms with Crippen molar-refractivity contribution < 1.29 is 0 Å². The van der Waals surface area contributed by atoms with E-state index < -0.39 is 0 Å². The summed E-state index contributed by atoms with van der Waals surface area (Å²) < 4.78 is 0. The van der Waals surface area contributed by atoms with E-state index in [1.54, 1.807) is 0 Å². The van der Waals surface area contributed by atoms with E-state index in [4.69, 9.17) is 23.2 Å². The fourth-order valence-electron chi connectivity index (χ4n) is 2.52. The third kappa shape index (κ3) is 4.00. The molecule has 1 N–H and O–H groups in total. The van der Waals surface area contributed by atoms with Crippen molar-refractivity contribution in [3.05, 3.63) is 69.2 Å². The molecule has 0 saturated heterocycles. The highest BCUT2D eigenvalue weighted by Gasteiger charge is 2.18. The zero-order chi connectivity index (χ0) is 15.2. The van der Waals surface area contributed by atoms with E-state index in [9.17, 15) is 0 Å². The van der Waals surface area contributed by atoms with Crippen LogP contribution in [0.3, 0.4) is 0 Å². The van der Waals surface area contributed by atoms with E-state index in [2.05, 4.69) is 36.5 Å². The molecular weight excluding hydrogens is 301 g/mol. The molecule has 3 heteroatoms. The molecule has 21 heavy (non-hydrogen) atoms. The second-order valence-electron chi connectivity index (χ2n) is 5.20. The molecule has 2 aromatic carbocycles. The van der Waals surface area contributed by atoms with Gasteiger partial charge in [0, 0.05) is 15.6 Å². The number of aryl methyl sites for hydroxylation is 1. The van der Waals surface area contributed by atoms with Crippen LogP contribution in [0.4, 0.5) is 0 Å². The lowest BCUT2D eigenvalue weighted by Crippen LogP contribution is -2.18. The third-order valence-corrected chi connectivity index (χ3v) is 4.37. The molecule has 1 nitrogen and oxygen atoms in total. The van der Waals surface area contributed by atoms with Crippen molar-refractivity contribution >= 4 is 23.2 Å². The Bertz CT molecular complexity index is 558. The highest BCUT2D eigenvalue weighted by atomic mass is 35.5. The Balaban J connectivity index is 2.29. The molecule has 0 aliphatic heterocycles. The van der Waals surface area contributed by atoms with Gasteiger partial charge in [0.25, 0.3) is 0 Å². The van der Waals surface area contributed by atoms with Crippen molar-refractivity contribution in [1.82, 2.24) is 5.32 Å². The summed E-state index contributed by atoms with van der Waals surface area (Å²) in [5, 5.41) is 4.69. The van der Waals surface area contributed by atoms with Crippen molar-refractivity contribution in [2.75, 3.05) is 7.05 Å². The summed E-state index contributed by atoms with van der Waals surface area (Å²) in [6, 6.07) is 14.3. The third-order valence-electron chi connectivity index (χ3n) is 3.71. The van der Waals surface area contributed by atoms with Crippen LogP contribution in [0.1, 0.15) is 42.5 Å². The largest absolute Gasteiger partial charge is 0.309 e. The van der Waals surface area contributed by atoms with Crippen LogP contribution in [-0.4, -0.2) is 7.05 Å². The first kappa shape index (κ1) is 16.4. The fraction of sp³-hybridized carbons (Fsp3) is 0.333. The topological polar surface area (TPSA) is 12.0 Å². The number of hydrogen-bond donors (Lipinski definition) is 1. The standard InChI is InChI=1S/C18H21Cl2N/c1-3-4-6-13-9-11-14(12-10-13)18(21-2)17-15(19)7-5-8-16(17)20/h5,7-12,18,21H,3-4,6H2,1-2H3. The fourth-order valence-corrected chi connectivity index (χ4v) is 3.14. The zero-order valence-corrected chi connectivity index (χ0v) is 14.0. The van der Waals surface area contributed by atoms with Gasteiger partial charge < -0.3 is 5.32 Å². The minimum absolute atomic E-state index is 0.00595. The summed E-state index contributed by atoms with van der Waals surface area (Å²) in [5.41, 5.74) is 3.48. The molecule has 0 saturated carbocycles. The van der Waals surface area contributed by atoms with Gasteiger partial charge in [0.15, 0.2) is 0 Å². The maximum Gasteiger partial charge on any atom is 0.0603 e. The Labute approximate surface area is 137 Å². The van der Waals surface area contributed by atoms with E-state index in [1.807, 2.05) is 25.2 Å². The van der Waals surface area contributed by atoms with Gasteiger partial charge in [0.05, 0.1) is 6.04 Å². The Hall–Kier alpha value is -1.02. The number of unbranched alkanes of at least 4 members (excludes halogenated alkanes) is 1. The monoisotopic (exact) mass is 321 g/mol. The first-order valence-electron chi connectivity index (χ1n) is 7.37. The van der Waals surface area contributed by atoms with Crippen LogP contribution < -0.4 is 5.32 Å². The average Bonchev–Trinajstić information content (AvgIpc) is 2.50. The highest BCUT2D eigenvalue weighted by Crippen LogP contribution is 2.33. The molecule has 0 aliphatic carbocycles. The van der Waals surface area contributed by atoms with Crippen molar-refractivity contribution in [3.63, 3.8) is 0 Å². The maximum absolute atomic E-state index is 6.33. The predicted octanol–water partition coefficient (Wildman–Crippen LogP) is 5.64. The molecule has 0 aromatic heterocycles. The van der Waals surface area contributed by atoms with Gasteiger partial charge in [-0.15, -0.1) is 0 Å². The molecule has 0 radical (unpaired) electrons. The summed E-state index contributed by atoms with van der Waals surface area (Å²) in [6.07, 6.45) is 3.58. The quantitative estimate of drug-likeness (QED) is 0.725. The lowest BCUT2D eigenvalue weighted by molar-refractivity contribution is 0.691. The molecule has 0 aliphatic rings. The van der Waals surface area contributed by atoms with Gasteiger partial charge in [0.1, 0.15) is 0 Å². The van der Waals surface area contributed by atoms with Crippen molar-refractivity contribution in [2.45, 2.75) is 32.2 Å². The van der Waals surface area contributed by atoms with Gasteiger partial charge in [-0.25, -0.2) is 0 Å². The van der Waals surface area contributed by atoms with E-state index >= 15 is 0 Å². The van der Waals surface area contributed by atoms with Gasteiger partial charge in [-0.2, -0.15) is 0 Å². The van der Waals surface area contributed by atoms with Crippen LogP contribution in [0.25, 0.3) is 0 Å². The summed E-state index contributed by atoms with van der Waals surface area (Å²) in [4.78, 5) is 0. The summed E-state index contributed by atoms with van der Waals surface area (Å²) >= 11 is 12.7. The van der Waals surface area contributed by atoms with Crippen LogP contribution in [0.15, 0.2) is 42.5 Å². The van der Waals surface area contributed by atoms with Crippen molar-refractivity contribution in [3.8, 4) is 0 Å². The summed E-state index contributed by atoms with van der Waals surface area (Å²) in [6.45, 7) is 2.21. The molecule has 2 aromatic rings. The zero-order valence-electron chi connectivity index (χ0n) is 12.5. The molecule has 0 bridgehead atoms. The van der Waals surface area contributed by atoms with Gasteiger partial charge in [0.2, 0.25) is 0 Å². The summed E-state index contributed by atoms with van der Waals surface area (Å²) in [7, 11) is 1.93. The minimum Gasteiger partial charge on any atom is -0.309 e. The number of rotatable bonds is 6. The Kier molecular flexibility index (Phi) is 6.10. The van der Waals surface area contributed by atoms with Gasteiger partial charge in [-0.05, 0) is 43.1 Å². The minimum atomic E-state index is 0.00595. The van der Waals surface area contributed by atoms with Gasteiger partial charge in [-0.1, -0.05) is 66.9 Å². The molecule has 112 valence electrons. The van der Waals surface area contributed by atoms with Crippen LogP contribution in [0, 0.1) is 0 Å². The average molecular weight is 322 g/mol. The second kappa shape index (κ2) is 7.84. The molecule has 0 fully saturated rings. The predicted molar refractivity (Wildman–Crippen MR) is 92.4 cm³/mol. The number of nitrogens with one attached hydrogen (secondary N) is 1. The molecule has 0 amide bonds. The second-order valence-corrected chi connectivity index (χ2v) is 6.02. The molecule has 2 rings (SSSR count). The molecule has 0 spiro atoms. The van der Waals surface area contributed by atoms with Crippen LogP contribution >= 0.6 is 23.2 Å². The van der Waals surface area contributed by atoms with Gasteiger partial charge >= 0.3 is 0 Å². The Morgan fingerprint density at radius 1 is 1.00 bits per heavy atom. The lowest BCUT2D eigenvalue weighted by atomic mass is 9.96. The van der Waals surface area contributed by atoms with Crippen molar-refractivity contribution in [2.24, 2.45) is 0 Å². The lowest BCUT2D eigenvalue weighted by Gasteiger charge is -2.20.